The van der Waals surface area contributed by atoms with Crippen molar-refractivity contribution < 1.29 is 17.9 Å². The Morgan fingerprint density at radius 3 is 2.31 bits per heavy atom. The fraction of sp³-hybridized carbons (Fsp3) is 0.409. The van der Waals surface area contributed by atoms with Gasteiger partial charge in [0.05, 0.1) is 18.0 Å². The quantitative estimate of drug-likeness (QED) is 0.715. The Balaban J connectivity index is 1.87. The van der Waals surface area contributed by atoms with E-state index in [1.165, 1.54) is 11.4 Å². The van der Waals surface area contributed by atoms with Crippen LogP contribution in [0.4, 0.5) is 0 Å². The number of methoxy groups -OCH3 is 1. The Morgan fingerprint density at radius 1 is 1.10 bits per heavy atom. The number of amides is 1. The second-order valence-electron chi connectivity index (χ2n) is 7.38. The third-order valence-corrected chi connectivity index (χ3v) is 7.34. The van der Waals surface area contributed by atoms with E-state index in [9.17, 15) is 13.2 Å². The molecular weight excluding hydrogens is 388 g/mol. The lowest BCUT2D eigenvalue weighted by molar-refractivity contribution is -0.122. The minimum Gasteiger partial charge on any atom is -0.497 e. The van der Waals surface area contributed by atoms with Gasteiger partial charge in [0.15, 0.2) is 0 Å². The van der Waals surface area contributed by atoms with E-state index in [2.05, 4.69) is 5.32 Å². The van der Waals surface area contributed by atoms with E-state index in [-0.39, 0.29) is 23.3 Å². The van der Waals surface area contributed by atoms with Crippen LogP contribution in [-0.2, 0) is 14.8 Å². The number of hydrogen-bond donors (Lipinski definition) is 1. The van der Waals surface area contributed by atoms with Crippen LogP contribution in [0.3, 0.4) is 0 Å². The van der Waals surface area contributed by atoms with Crippen molar-refractivity contribution in [3.63, 3.8) is 0 Å². The number of hydrogen-bond acceptors (Lipinski definition) is 4. The molecule has 7 heteroatoms. The molecule has 3 rings (SSSR count). The summed E-state index contributed by atoms with van der Waals surface area (Å²) < 4.78 is 32.8. The van der Waals surface area contributed by atoms with Crippen LogP contribution in [0, 0.1) is 0 Å². The summed E-state index contributed by atoms with van der Waals surface area (Å²) in [4.78, 5) is 12.9. The van der Waals surface area contributed by atoms with Gasteiger partial charge in [-0.1, -0.05) is 43.2 Å². The molecule has 1 N–H and O–H groups in total. The summed E-state index contributed by atoms with van der Waals surface area (Å²) >= 11 is 0. The molecular formula is C22H28N2O4S. The smallest absolute Gasteiger partial charge is 0.243 e. The molecule has 0 heterocycles. The first-order chi connectivity index (χ1) is 13.9. The summed E-state index contributed by atoms with van der Waals surface area (Å²) in [6, 6.07) is 15.0. The zero-order valence-corrected chi connectivity index (χ0v) is 17.7. The van der Waals surface area contributed by atoms with Crippen LogP contribution in [0.2, 0.25) is 0 Å². The molecule has 2 aromatic rings. The number of nitrogens with zero attached hydrogens (tertiary/aromatic N) is 1. The maximum atomic E-state index is 13.2. The molecule has 1 atom stereocenters. The van der Waals surface area contributed by atoms with Crippen LogP contribution in [0.15, 0.2) is 59.5 Å². The van der Waals surface area contributed by atoms with Crippen LogP contribution in [0.25, 0.3) is 0 Å². The molecule has 0 radical (unpaired) electrons. The van der Waals surface area contributed by atoms with Gasteiger partial charge in [-0.25, -0.2) is 8.42 Å². The molecule has 156 valence electrons. The lowest BCUT2D eigenvalue weighted by Crippen LogP contribution is -2.38. The van der Waals surface area contributed by atoms with Crippen LogP contribution in [0.5, 0.6) is 5.75 Å². The van der Waals surface area contributed by atoms with Gasteiger partial charge in [-0.15, -0.1) is 0 Å². The van der Waals surface area contributed by atoms with Crippen molar-refractivity contribution in [2.45, 2.75) is 49.1 Å². The average Bonchev–Trinajstić information content (AvgIpc) is 3.25. The van der Waals surface area contributed by atoms with Gasteiger partial charge >= 0.3 is 0 Å². The Hall–Kier alpha value is -2.38. The molecule has 1 aliphatic rings. The fourth-order valence-electron chi connectivity index (χ4n) is 3.74. The standard InChI is InChI=1S/C22H28N2O4S/c1-24(29(26,27)20-10-4-3-5-11-20)21(17-12-14-19(28-2)15-13-17)16-22(25)23-18-8-6-7-9-18/h3-5,10-15,18,21H,6-9,16H2,1-2H3,(H,23,25)/t21-/m0/s1. The lowest BCUT2D eigenvalue weighted by Gasteiger charge is -2.28. The second kappa shape index (κ2) is 9.41. The van der Waals surface area contributed by atoms with Crippen molar-refractivity contribution in [3.8, 4) is 5.75 Å². The molecule has 1 aliphatic carbocycles. The highest BCUT2D eigenvalue weighted by atomic mass is 32.2. The highest BCUT2D eigenvalue weighted by Gasteiger charge is 2.31. The molecule has 29 heavy (non-hydrogen) atoms. The normalized spacial score (nSPS) is 16.0. The highest BCUT2D eigenvalue weighted by Crippen LogP contribution is 2.30. The van der Waals surface area contributed by atoms with Gasteiger partial charge in [0.2, 0.25) is 15.9 Å². The summed E-state index contributed by atoms with van der Waals surface area (Å²) in [7, 11) is -0.648. The largest absolute Gasteiger partial charge is 0.497 e. The third-order valence-electron chi connectivity index (χ3n) is 5.46. The number of benzene rings is 2. The van der Waals surface area contributed by atoms with Crippen molar-refractivity contribution in [2.75, 3.05) is 14.2 Å². The van der Waals surface area contributed by atoms with E-state index in [0.717, 1.165) is 31.2 Å². The molecule has 0 unspecified atom stereocenters. The summed E-state index contributed by atoms with van der Waals surface area (Å²) in [5.74, 6) is 0.546. The van der Waals surface area contributed by atoms with E-state index in [1.54, 1.807) is 49.6 Å². The number of carbonyl (C=O) groups excluding carboxylic acids is 1. The molecule has 0 aliphatic heterocycles. The minimum atomic E-state index is -3.75. The van der Waals surface area contributed by atoms with Crippen molar-refractivity contribution in [1.82, 2.24) is 9.62 Å². The van der Waals surface area contributed by atoms with Crippen molar-refractivity contribution in [2.24, 2.45) is 0 Å². The molecule has 0 saturated heterocycles. The van der Waals surface area contributed by atoms with Gasteiger partial charge in [0.25, 0.3) is 0 Å². The van der Waals surface area contributed by atoms with Crippen molar-refractivity contribution in [1.29, 1.82) is 0 Å². The second-order valence-corrected chi connectivity index (χ2v) is 9.37. The number of carbonyl (C=O) groups is 1. The lowest BCUT2D eigenvalue weighted by atomic mass is 10.0. The molecule has 1 saturated carbocycles. The van der Waals surface area contributed by atoms with Gasteiger partial charge < -0.3 is 10.1 Å². The summed E-state index contributed by atoms with van der Waals surface area (Å²) in [6.45, 7) is 0. The molecule has 1 fully saturated rings. The monoisotopic (exact) mass is 416 g/mol. The summed E-state index contributed by atoms with van der Waals surface area (Å²) in [6.07, 6.45) is 4.27. The topological polar surface area (TPSA) is 75.7 Å². The van der Waals surface area contributed by atoms with E-state index in [0.29, 0.717) is 5.75 Å². The first kappa shape index (κ1) is 21.3. The van der Waals surface area contributed by atoms with Gasteiger partial charge in [0.1, 0.15) is 5.75 Å². The predicted octanol–water partition coefficient (Wildman–Crippen LogP) is 3.51. The first-order valence-electron chi connectivity index (χ1n) is 9.88. The SMILES string of the molecule is COc1ccc([C@H](CC(=O)NC2CCCC2)N(C)S(=O)(=O)c2ccccc2)cc1. The van der Waals surface area contributed by atoms with Crippen LogP contribution >= 0.6 is 0 Å². The van der Waals surface area contributed by atoms with Gasteiger partial charge in [-0.05, 0) is 42.7 Å². The minimum absolute atomic E-state index is 0.0609. The highest BCUT2D eigenvalue weighted by molar-refractivity contribution is 7.89. The predicted molar refractivity (Wildman–Crippen MR) is 112 cm³/mol. The average molecular weight is 417 g/mol. The molecule has 6 nitrogen and oxygen atoms in total. The maximum absolute atomic E-state index is 13.2. The van der Waals surface area contributed by atoms with Crippen LogP contribution in [-0.4, -0.2) is 38.8 Å². The molecule has 0 aromatic heterocycles. The summed E-state index contributed by atoms with van der Waals surface area (Å²) in [5.41, 5.74) is 0.745. The number of rotatable bonds is 8. The fourth-order valence-corrected chi connectivity index (χ4v) is 5.11. The Morgan fingerprint density at radius 2 is 1.72 bits per heavy atom. The molecule has 0 bridgehead atoms. The van der Waals surface area contributed by atoms with Crippen molar-refractivity contribution >= 4 is 15.9 Å². The van der Waals surface area contributed by atoms with E-state index < -0.39 is 16.1 Å². The summed E-state index contributed by atoms with van der Waals surface area (Å²) in [5, 5.41) is 3.06. The van der Waals surface area contributed by atoms with Gasteiger partial charge in [-0.2, -0.15) is 4.31 Å². The number of ether oxygens (including phenoxy) is 1. The maximum Gasteiger partial charge on any atom is 0.243 e. The van der Waals surface area contributed by atoms with E-state index in [1.807, 2.05) is 12.1 Å². The Labute approximate surface area is 172 Å². The van der Waals surface area contributed by atoms with Gasteiger partial charge in [0, 0.05) is 19.5 Å². The number of nitrogens with one attached hydrogen (secondary N) is 1. The van der Waals surface area contributed by atoms with Gasteiger partial charge in [-0.3, -0.25) is 4.79 Å². The zero-order valence-electron chi connectivity index (χ0n) is 16.9. The third kappa shape index (κ3) is 5.16. The molecule has 0 spiro atoms. The Bertz CT molecular complexity index is 908. The zero-order chi connectivity index (χ0) is 20.9. The van der Waals surface area contributed by atoms with Crippen molar-refractivity contribution in [3.05, 3.63) is 60.2 Å². The molecule has 2 aromatic carbocycles. The van der Waals surface area contributed by atoms with Crippen LogP contribution in [0.1, 0.15) is 43.7 Å². The molecule has 1 amide bonds. The van der Waals surface area contributed by atoms with E-state index in [4.69, 9.17) is 4.74 Å². The first-order valence-corrected chi connectivity index (χ1v) is 11.3. The van der Waals surface area contributed by atoms with E-state index >= 15 is 0 Å². The van der Waals surface area contributed by atoms with Crippen LogP contribution < -0.4 is 10.1 Å². The number of sulfonamides is 1. The Kier molecular flexibility index (Phi) is 6.92.